The van der Waals surface area contributed by atoms with Crippen molar-refractivity contribution >= 4 is 43.6 Å². The second-order valence-electron chi connectivity index (χ2n) is 17.2. The van der Waals surface area contributed by atoms with Crippen molar-refractivity contribution in [3.8, 4) is 56.1 Å². The van der Waals surface area contributed by atoms with Crippen molar-refractivity contribution in [2.24, 2.45) is 0 Å². The first-order valence-corrected chi connectivity index (χ1v) is 22.5. The smallest absolute Gasteiger partial charge is 0.316 e. The van der Waals surface area contributed by atoms with E-state index >= 15 is 0 Å². The quantitative estimate of drug-likeness (QED) is 0.156. The Labute approximate surface area is 406 Å². The molecule has 0 unspecified atom stereocenters. The van der Waals surface area contributed by atoms with Gasteiger partial charge in [-0.2, -0.15) is 0 Å². The average molecular weight is 1040 g/mol. The van der Waals surface area contributed by atoms with Gasteiger partial charge in [-0.3, -0.25) is 0 Å². The molecule has 12 rings (SSSR count). The number of aryl methyl sites for hydroxylation is 4. The Morgan fingerprint density at radius 1 is 0.343 bits per heavy atom. The van der Waals surface area contributed by atoms with E-state index in [1.807, 2.05) is 36.7 Å². The van der Waals surface area contributed by atoms with Crippen LogP contribution in [0.25, 0.3) is 99.8 Å². The summed E-state index contributed by atoms with van der Waals surface area (Å²) in [7, 11) is 0. The summed E-state index contributed by atoms with van der Waals surface area (Å²) in [6, 6.07) is 75.5. The molecule has 0 fully saturated rings. The Hall–Kier alpha value is -7.65. The second kappa shape index (κ2) is 18.3. The third-order valence-electron chi connectivity index (χ3n) is 12.6. The van der Waals surface area contributed by atoms with Crippen molar-refractivity contribution in [2.75, 3.05) is 0 Å². The van der Waals surface area contributed by atoms with Crippen LogP contribution in [0.3, 0.4) is 0 Å². The third-order valence-corrected chi connectivity index (χ3v) is 12.6. The standard InChI is InChI=1S/2C31H23N2.Pt/c2*1-21-10-16-28-26(19-21)27-20-22(2)11-17-29(27)33(28)30-9-6-18-32-31(30)25-14-12-24(13-15-25)23-7-4-3-5-8-23;/h2*3-14,16-20H,1-2H3;/q2*-1;+2. The number of nitrogens with zero attached hydrogens (tertiary/aromatic N) is 4. The Morgan fingerprint density at radius 2 is 0.687 bits per heavy atom. The molecular weight excluding hydrogens is 996 g/mol. The summed E-state index contributed by atoms with van der Waals surface area (Å²) in [5.41, 5.74) is 20.5. The van der Waals surface area contributed by atoms with Crippen LogP contribution in [0.4, 0.5) is 0 Å². The second-order valence-corrected chi connectivity index (χ2v) is 17.2. The molecule has 0 saturated carbocycles. The predicted molar refractivity (Wildman–Crippen MR) is 276 cm³/mol. The minimum atomic E-state index is 0. The number of hydrogen-bond donors (Lipinski definition) is 0. The number of hydrogen-bond acceptors (Lipinski definition) is 2. The van der Waals surface area contributed by atoms with Gasteiger partial charge in [0, 0.05) is 56.7 Å². The molecule has 4 aromatic heterocycles. The molecule has 0 spiro atoms. The maximum atomic E-state index is 4.80. The van der Waals surface area contributed by atoms with E-state index in [1.54, 1.807) is 0 Å². The molecule has 8 aromatic carbocycles. The van der Waals surface area contributed by atoms with Crippen LogP contribution in [0, 0.1) is 39.8 Å². The largest absolute Gasteiger partial charge is 2.00 e. The summed E-state index contributed by atoms with van der Waals surface area (Å²) in [5, 5.41) is 5.08. The van der Waals surface area contributed by atoms with Gasteiger partial charge in [0.15, 0.2) is 0 Å². The zero-order chi connectivity index (χ0) is 44.7. The molecule has 0 aliphatic carbocycles. The Balaban J connectivity index is 0.000000154. The van der Waals surface area contributed by atoms with Gasteiger partial charge in [-0.25, -0.2) is 0 Å². The van der Waals surface area contributed by atoms with Gasteiger partial charge in [0.2, 0.25) is 0 Å². The summed E-state index contributed by atoms with van der Waals surface area (Å²) in [6.07, 6.45) is 3.72. The molecule has 12 aromatic rings. The number of fused-ring (bicyclic) bond motifs is 6. The van der Waals surface area contributed by atoms with Crippen LogP contribution in [0.15, 0.2) is 207 Å². The fraction of sp³-hybridized carbons (Fsp3) is 0.0645. The first-order chi connectivity index (χ1) is 32.4. The number of pyridine rings is 2. The zero-order valence-electron chi connectivity index (χ0n) is 37.7. The van der Waals surface area contributed by atoms with Gasteiger partial charge in [0.05, 0.1) is 22.1 Å². The maximum Gasteiger partial charge on any atom is 2.00 e. The van der Waals surface area contributed by atoms with Gasteiger partial charge in [0.1, 0.15) is 0 Å². The van der Waals surface area contributed by atoms with Gasteiger partial charge in [-0.15, -0.1) is 59.7 Å². The summed E-state index contributed by atoms with van der Waals surface area (Å²) in [5.74, 6) is 0. The molecule has 0 aliphatic rings. The number of aromatic nitrogens is 4. The van der Waals surface area contributed by atoms with E-state index in [0.29, 0.717) is 0 Å². The molecule has 0 aliphatic heterocycles. The number of rotatable bonds is 6. The summed E-state index contributed by atoms with van der Waals surface area (Å²) in [6.45, 7) is 8.60. The predicted octanol–water partition coefficient (Wildman–Crippen LogP) is 15.9. The van der Waals surface area contributed by atoms with Crippen LogP contribution in [0.1, 0.15) is 22.3 Å². The van der Waals surface area contributed by atoms with Crippen molar-refractivity contribution in [1.82, 2.24) is 19.1 Å². The molecule has 0 atom stereocenters. The van der Waals surface area contributed by atoms with E-state index < -0.39 is 0 Å². The van der Waals surface area contributed by atoms with Crippen molar-refractivity contribution in [1.29, 1.82) is 0 Å². The molecule has 0 radical (unpaired) electrons. The minimum Gasteiger partial charge on any atom is -0.316 e. The SMILES string of the molecule is Cc1ccc2c(c1)c1cc(C)ccc1n2-c1cccnc1-c1[c-]cc(-c2ccccc2)cc1.Cc1ccc2c(c1)c1cc(C)ccc1n2-c1cccnc1-c1[c-]cc(-c2ccccc2)cc1.[Pt+2]. The topological polar surface area (TPSA) is 35.6 Å². The Bertz CT molecular complexity index is 3350. The maximum absolute atomic E-state index is 4.80. The summed E-state index contributed by atoms with van der Waals surface area (Å²) in [4.78, 5) is 9.61. The first-order valence-electron chi connectivity index (χ1n) is 22.5. The molecule has 67 heavy (non-hydrogen) atoms. The monoisotopic (exact) mass is 1040 g/mol. The van der Waals surface area contributed by atoms with Crippen molar-refractivity contribution in [3.05, 3.63) is 241 Å². The van der Waals surface area contributed by atoms with Gasteiger partial charge < -0.3 is 19.1 Å². The van der Waals surface area contributed by atoms with Crippen molar-refractivity contribution in [3.63, 3.8) is 0 Å². The van der Waals surface area contributed by atoms with E-state index in [1.165, 1.54) is 77.0 Å². The van der Waals surface area contributed by atoms with Crippen LogP contribution < -0.4 is 0 Å². The molecule has 4 heterocycles. The molecule has 0 saturated heterocycles. The molecule has 5 heteroatoms. The number of benzene rings is 8. The summed E-state index contributed by atoms with van der Waals surface area (Å²) < 4.78 is 4.68. The van der Waals surface area contributed by atoms with E-state index in [4.69, 9.17) is 9.97 Å². The van der Waals surface area contributed by atoms with Gasteiger partial charge in [0.25, 0.3) is 0 Å². The van der Waals surface area contributed by atoms with Crippen LogP contribution >= 0.6 is 0 Å². The fourth-order valence-electron chi connectivity index (χ4n) is 9.36. The van der Waals surface area contributed by atoms with E-state index in [2.05, 4.69) is 219 Å². The minimum absolute atomic E-state index is 0. The van der Waals surface area contributed by atoms with E-state index in [-0.39, 0.29) is 21.1 Å². The van der Waals surface area contributed by atoms with Gasteiger partial charge in [-0.1, -0.05) is 129 Å². The van der Waals surface area contributed by atoms with E-state index in [9.17, 15) is 0 Å². The Morgan fingerprint density at radius 3 is 1.00 bits per heavy atom. The zero-order valence-corrected chi connectivity index (χ0v) is 40.0. The first kappa shape index (κ1) is 43.3. The average Bonchev–Trinajstić information content (AvgIpc) is 3.85. The molecule has 4 nitrogen and oxygen atoms in total. The van der Waals surface area contributed by atoms with Crippen molar-refractivity contribution < 1.29 is 21.1 Å². The van der Waals surface area contributed by atoms with Gasteiger partial charge >= 0.3 is 21.1 Å². The van der Waals surface area contributed by atoms with E-state index in [0.717, 1.165) is 45.0 Å². The summed E-state index contributed by atoms with van der Waals surface area (Å²) >= 11 is 0. The third kappa shape index (κ3) is 8.20. The van der Waals surface area contributed by atoms with Crippen molar-refractivity contribution in [2.45, 2.75) is 27.7 Å². The van der Waals surface area contributed by atoms with Crippen LogP contribution in [0.2, 0.25) is 0 Å². The molecule has 0 N–H and O–H groups in total. The van der Waals surface area contributed by atoms with Crippen LogP contribution in [-0.4, -0.2) is 19.1 Å². The fourth-order valence-corrected chi connectivity index (χ4v) is 9.36. The Kier molecular flexibility index (Phi) is 11.8. The van der Waals surface area contributed by atoms with Gasteiger partial charge in [-0.05, 0) is 100 Å². The van der Waals surface area contributed by atoms with Crippen LogP contribution in [-0.2, 0) is 21.1 Å². The molecule has 0 amide bonds. The molecule has 0 bridgehead atoms. The molecule has 324 valence electrons. The van der Waals surface area contributed by atoms with Crippen LogP contribution in [0.5, 0.6) is 0 Å². The normalized spacial score (nSPS) is 11.2. The molecular formula is C62H46N4Pt.